The number of benzene rings is 1. The predicted molar refractivity (Wildman–Crippen MR) is 86.1 cm³/mol. The molecule has 1 atom stereocenters. The highest BCUT2D eigenvalue weighted by Crippen LogP contribution is 2.36. The SMILES string of the molecule is COc1ccc(N2C(N)=NCC2(C)CC(C)(C)OC)cc1. The Morgan fingerprint density at radius 1 is 1.29 bits per heavy atom. The van der Waals surface area contributed by atoms with E-state index in [-0.39, 0.29) is 11.1 Å². The number of methoxy groups -OCH3 is 2. The number of guanidine groups is 1. The number of hydrogen-bond donors (Lipinski definition) is 1. The van der Waals surface area contributed by atoms with Crippen molar-refractivity contribution in [2.45, 2.75) is 38.3 Å². The first-order valence-electron chi connectivity index (χ1n) is 7.11. The first-order valence-corrected chi connectivity index (χ1v) is 7.11. The molecule has 2 N–H and O–H groups in total. The van der Waals surface area contributed by atoms with Crippen molar-refractivity contribution in [3.05, 3.63) is 24.3 Å². The summed E-state index contributed by atoms with van der Waals surface area (Å²) < 4.78 is 10.8. The number of nitrogens with two attached hydrogens (primary N) is 1. The fraction of sp³-hybridized carbons (Fsp3) is 0.562. The summed E-state index contributed by atoms with van der Waals surface area (Å²) in [6.45, 7) is 7.00. The monoisotopic (exact) mass is 291 g/mol. The normalized spacial score (nSPS) is 22.3. The molecule has 0 saturated carbocycles. The maximum absolute atomic E-state index is 6.12. The average molecular weight is 291 g/mol. The smallest absolute Gasteiger partial charge is 0.196 e. The van der Waals surface area contributed by atoms with Crippen molar-refractivity contribution in [2.24, 2.45) is 10.7 Å². The van der Waals surface area contributed by atoms with Gasteiger partial charge in [0.2, 0.25) is 0 Å². The lowest BCUT2D eigenvalue weighted by molar-refractivity contribution is 0.00151. The minimum Gasteiger partial charge on any atom is -0.497 e. The molecular formula is C16H25N3O2. The molecule has 0 bridgehead atoms. The van der Waals surface area contributed by atoms with E-state index in [1.165, 1.54) is 0 Å². The Morgan fingerprint density at radius 2 is 1.90 bits per heavy atom. The molecule has 0 radical (unpaired) electrons. The third-order valence-electron chi connectivity index (χ3n) is 4.04. The van der Waals surface area contributed by atoms with Gasteiger partial charge in [0.15, 0.2) is 5.96 Å². The summed E-state index contributed by atoms with van der Waals surface area (Å²) in [6, 6.07) is 7.88. The average Bonchev–Trinajstić information content (AvgIpc) is 2.73. The number of rotatable bonds is 5. The molecule has 1 unspecified atom stereocenters. The van der Waals surface area contributed by atoms with Crippen molar-refractivity contribution in [3.63, 3.8) is 0 Å². The molecule has 1 aromatic rings. The zero-order chi connectivity index (χ0) is 15.7. The molecule has 0 aliphatic carbocycles. The molecule has 1 aliphatic heterocycles. The van der Waals surface area contributed by atoms with Crippen LogP contribution in [0, 0.1) is 0 Å². The Balaban J connectivity index is 2.31. The molecule has 0 saturated heterocycles. The van der Waals surface area contributed by atoms with Gasteiger partial charge in [0.25, 0.3) is 0 Å². The van der Waals surface area contributed by atoms with Crippen LogP contribution in [0.4, 0.5) is 5.69 Å². The zero-order valence-electron chi connectivity index (χ0n) is 13.5. The predicted octanol–water partition coefficient (Wildman–Crippen LogP) is 2.40. The molecular weight excluding hydrogens is 266 g/mol. The first-order chi connectivity index (χ1) is 9.81. The van der Waals surface area contributed by atoms with Gasteiger partial charge in [-0.15, -0.1) is 0 Å². The van der Waals surface area contributed by atoms with Crippen LogP contribution in [-0.4, -0.2) is 37.9 Å². The molecule has 1 aliphatic rings. The fourth-order valence-electron chi connectivity index (χ4n) is 2.97. The van der Waals surface area contributed by atoms with Gasteiger partial charge in [0.05, 0.1) is 24.8 Å². The van der Waals surface area contributed by atoms with E-state index in [0.717, 1.165) is 17.9 Å². The van der Waals surface area contributed by atoms with Crippen molar-refractivity contribution in [1.29, 1.82) is 0 Å². The lowest BCUT2D eigenvalue weighted by atomic mass is 9.86. The topological polar surface area (TPSA) is 60.1 Å². The van der Waals surface area contributed by atoms with E-state index in [1.54, 1.807) is 14.2 Å². The molecule has 0 amide bonds. The van der Waals surface area contributed by atoms with E-state index in [1.807, 2.05) is 24.3 Å². The molecule has 1 heterocycles. The van der Waals surface area contributed by atoms with Gasteiger partial charge in [-0.25, -0.2) is 0 Å². The lowest BCUT2D eigenvalue weighted by Crippen LogP contribution is -2.53. The number of aliphatic imine (C=N–C) groups is 1. The zero-order valence-corrected chi connectivity index (χ0v) is 13.5. The third kappa shape index (κ3) is 3.13. The lowest BCUT2D eigenvalue weighted by Gasteiger charge is -2.41. The van der Waals surface area contributed by atoms with Crippen LogP contribution < -0.4 is 15.4 Å². The summed E-state index contributed by atoms with van der Waals surface area (Å²) >= 11 is 0. The molecule has 0 aromatic heterocycles. The Bertz CT molecular complexity index is 525. The van der Waals surface area contributed by atoms with Crippen molar-refractivity contribution in [1.82, 2.24) is 0 Å². The molecule has 0 fully saturated rings. The Labute approximate surface area is 126 Å². The van der Waals surface area contributed by atoms with Gasteiger partial charge >= 0.3 is 0 Å². The maximum atomic E-state index is 6.12. The van der Waals surface area contributed by atoms with Gasteiger partial charge in [0.1, 0.15) is 5.75 Å². The quantitative estimate of drug-likeness (QED) is 0.905. The summed E-state index contributed by atoms with van der Waals surface area (Å²) in [4.78, 5) is 6.53. The minimum atomic E-state index is -0.236. The van der Waals surface area contributed by atoms with Crippen LogP contribution in [0.15, 0.2) is 29.3 Å². The maximum Gasteiger partial charge on any atom is 0.196 e. The molecule has 1 aromatic carbocycles. The molecule has 0 spiro atoms. The van der Waals surface area contributed by atoms with Crippen LogP contribution in [0.25, 0.3) is 0 Å². The van der Waals surface area contributed by atoms with Gasteiger partial charge < -0.3 is 20.1 Å². The molecule has 21 heavy (non-hydrogen) atoms. The molecule has 116 valence electrons. The summed E-state index contributed by atoms with van der Waals surface area (Å²) in [5.74, 6) is 1.38. The third-order valence-corrected chi connectivity index (χ3v) is 4.04. The highest BCUT2D eigenvalue weighted by Gasteiger charge is 2.43. The van der Waals surface area contributed by atoms with Crippen molar-refractivity contribution >= 4 is 11.6 Å². The van der Waals surface area contributed by atoms with E-state index in [2.05, 4.69) is 30.7 Å². The standard InChI is InChI=1S/C16H25N3O2/c1-15(2,21-5)10-16(3)11-18-14(17)19(16)12-6-8-13(20-4)9-7-12/h6-9H,10-11H2,1-5H3,(H2,17,18). The highest BCUT2D eigenvalue weighted by molar-refractivity contribution is 5.98. The van der Waals surface area contributed by atoms with Crippen LogP contribution >= 0.6 is 0 Å². The second-order valence-corrected chi connectivity index (χ2v) is 6.35. The summed E-state index contributed by atoms with van der Waals surface area (Å²) in [6.07, 6.45) is 0.826. The van der Waals surface area contributed by atoms with Gasteiger partial charge in [0, 0.05) is 19.2 Å². The first kappa shape index (κ1) is 15.6. The van der Waals surface area contributed by atoms with Crippen LogP contribution in [0.2, 0.25) is 0 Å². The second kappa shape index (κ2) is 5.56. The number of ether oxygens (including phenoxy) is 2. The van der Waals surface area contributed by atoms with E-state index in [4.69, 9.17) is 15.2 Å². The van der Waals surface area contributed by atoms with Gasteiger partial charge in [-0.1, -0.05) is 0 Å². The number of anilines is 1. The van der Waals surface area contributed by atoms with E-state index in [9.17, 15) is 0 Å². The Kier molecular flexibility index (Phi) is 4.14. The van der Waals surface area contributed by atoms with Crippen molar-refractivity contribution < 1.29 is 9.47 Å². The molecule has 2 rings (SSSR count). The van der Waals surface area contributed by atoms with E-state index in [0.29, 0.717) is 12.5 Å². The van der Waals surface area contributed by atoms with Crippen LogP contribution in [0.5, 0.6) is 5.75 Å². The Hall–Kier alpha value is -1.75. The number of nitrogens with zero attached hydrogens (tertiary/aromatic N) is 2. The number of hydrogen-bond acceptors (Lipinski definition) is 5. The fourth-order valence-corrected chi connectivity index (χ4v) is 2.97. The van der Waals surface area contributed by atoms with Crippen molar-refractivity contribution in [2.75, 3.05) is 25.7 Å². The van der Waals surface area contributed by atoms with E-state index < -0.39 is 0 Å². The summed E-state index contributed by atoms with van der Waals surface area (Å²) in [5.41, 5.74) is 6.71. The second-order valence-electron chi connectivity index (χ2n) is 6.35. The molecule has 5 nitrogen and oxygen atoms in total. The van der Waals surface area contributed by atoms with Crippen LogP contribution in [-0.2, 0) is 4.74 Å². The van der Waals surface area contributed by atoms with Gasteiger partial charge in [-0.05, 0) is 45.0 Å². The minimum absolute atomic E-state index is 0.196. The van der Waals surface area contributed by atoms with Crippen molar-refractivity contribution in [3.8, 4) is 5.75 Å². The molecule has 5 heteroatoms. The highest BCUT2D eigenvalue weighted by atomic mass is 16.5. The largest absolute Gasteiger partial charge is 0.497 e. The van der Waals surface area contributed by atoms with E-state index >= 15 is 0 Å². The van der Waals surface area contributed by atoms with Crippen LogP contribution in [0.1, 0.15) is 27.2 Å². The van der Waals surface area contributed by atoms with Crippen LogP contribution in [0.3, 0.4) is 0 Å². The Morgan fingerprint density at radius 3 is 2.43 bits per heavy atom. The van der Waals surface area contributed by atoms with Gasteiger partial charge in [-0.3, -0.25) is 4.99 Å². The summed E-state index contributed by atoms with van der Waals surface area (Å²) in [7, 11) is 3.39. The van der Waals surface area contributed by atoms with Gasteiger partial charge in [-0.2, -0.15) is 0 Å². The summed E-state index contributed by atoms with van der Waals surface area (Å²) in [5, 5.41) is 0.